The first-order chi connectivity index (χ1) is 11.2. The van der Waals surface area contributed by atoms with Gasteiger partial charge in [0.25, 0.3) is 0 Å². The Hall–Kier alpha value is -2.51. The van der Waals surface area contributed by atoms with Crippen LogP contribution in [0.4, 0.5) is 5.69 Å². The molecule has 0 spiro atoms. The topological polar surface area (TPSA) is 29.5 Å². The second-order valence-electron chi connectivity index (χ2n) is 5.12. The summed E-state index contributed by atoms with van der Waals surface area (Å²) in [5, 5.41) is 0.662. The van der Waals surface area contributed by atoms with E-state index in [1.807, 2.05) is 91.0 Å². The molecule has 0 saturated heterocycles. The van der Waals surface area contributed by atoms with Gasteiger partial charge in [-0.15, -0.1) is 0 Å². The molecule has 0 radical (unpaired) electrons. The molecule has 0 bridgehead atoms. The fourth-order valence-corrected chi connectivity index (χ4v) is 4.29. The number of nitrogens with zero attached hydrogens (tertiary/aromatic N) is 1. The van der Waals surface area contributed by atoms with Crippen molar-refractivity contribution in [2.45, 2.75) is 0 Å². The molecule has 0 aromatic heterocycles. The van der Waals surface area contributed by atoms with E-state index >= 15 is 0 Å². The Labute approximate surface area is 136 Å². The molecule has 0 aliphatic heterocycles. The zero-order chi connectivity index (χ0) is 16.1. The van der Waals surface area contributed by atoms with Gasteiger partial charge < -0.3 is 4.52 Å². The molecule has 3 nitrogen and oxygen atoms in total. The van der Waals surface area contributed by atoms with Crippen LogP contribution in [0.5, 0.6) is 5.75 Å². The van der Waals surface area contributed by atoms with Crippen LogP contribution < -0.4 is 14.5 Å². The van der Waals surface area contributed by atoms with Crippen molar-refractivity contribution in [3.8, 4) is 5.75 Å². The summed E-state index contributed by atoms with van der Waals surface area (Å²) in [6.45, 7) is 0. The van der Waals surface area contributed by atoms with Crippen LogP contribution in [0.15, 0.2) is 91.0 Å². The van der Waals surface area contributed by atoms with E-state index in [0.29, 0.717) is 11.1 Å². The third-order valence-electron chi connectivity index (χ3n) is 3.58. The SMILES string of the molecule is CN(c1ccccc1)P(=O)(Oc1ccccc1)c1ccccc1. The molecule has 4 heteroatoms. The van der Waals surface area contributed by atoms with E-state index < -0.39 is 7.52 Å². The zero-order valence-electron chi connectivity index (χ0n) is 12.9. The molecule has 0 aliphatic carbocycles. The van der Waals surface area contributed by atoms with Gasteiger partial charge in [-0.05, 0) is 36.4 Å². The molecule has 3 rings (SSSR count). The number of benzene rings is 3. The Morgan fingerprint density at radius 2 is 1.22 bits per heavy atom. The van der Waals surface area contributed by atoms with Gasteiger partial charge in [0.1, 0.15) is 5.75 Å². The van der Waals surface area contributed by atoms with Crippen LogP contribution in [0.3, 0.4) is 0 Å². The first kappa shape index (κ1) is 15.4. The monoisotopic (exact) mass is 323 g/mol. The van der Waals surface area contributed by atoms with Gasteiger partial charge >= 0.3 is 7.52 Å². The smallest absolute Gasteiger partial charge is 0.373 e. The molecule has 1 unspecified atom stereocenters. The zero-order valence-corrected chi connectivity index (χ0v) is 13.8. The summed E-state index contributed by atoms with van der Waals surface area (Å²) >= 11 is 0. The van der Waals surface area contributed by atoms with Crippen LogP contribution in [0.1, 0.15) is 0 Å². The molecule has 23 heavy (non-hydrogen) atoms. The number of hydrogen-bond donors (Lipinski definition) is 0. The molecule has 0 aliphatic rings. The van der Waals surface area contributed by atoms with Crippen molar-refractivity contribution >= 4 is 18.5 Å². The minimum Gasteiger partial charge on any atom is -0.426 e. The highest BCUT2D eigenvalue weighted by Crippen LogP contribution is 2.50. The van der Waals surface area contributed by atoms with Crippen LogP contribution in [0.25, 0.3) is 0 Å². The lowest BCUT2D eigenvalue weighted by Gasteiger charge is -2.30. The van der Waals surface area contributed by atoms with Crippen molar-refractivity contribution in [2.24, 2.45) is 0 Å². The Balaban J connectivity index is 2.05. The lowest BCUT2D eigenvalue weighted by Crippen LogP contribution is -2.25. The van der Waals surface area contributed by atoms with Gasteiger partial charge in [-0.3, -0.25) is 4.67 Å². The lowest BCUT2D eigenvalue weighted by molar-refractivity contribution is 0.490. The molecular formula is C19H18NO2P. The van der Waals surface area contributed by atoms with E-state index in [1.54, 1.807) is 11.7 Å². The molecule has 0 saturated carbocycles. The standard InChI is InChI=1S/C19H18NO2P/c1-20(17-11-5-2-6-12-17)23(21,19-15-9-4-10-16-19)22-18-13-7-3-8-14-18/h2-16H,1H3. The summed E-state index contributed by atoms with van der Waals surface area (Å²) in [5.74, 6) is 0.586. The van der Waals surface area contributed by atoms with Gasteiger partial charge in [0, 0.05) is 12.7 Å². The molecular weight excluding hydrogens is 305 g/mol. The van der Waals surface area contributed by atoms with Crippen molar-refractivity contribution in [3.63, 3.8) is 0 Å². The third-order valence-corrected chi connectivity index (χ3v) is 6.01. The Morgan fingerprint density at radius 3 is 1.78 bits per heavy atom. The first-order valence-corrected chi connectivity index (χ1v) is 8.97. The Morgan fingerprint density at radius 1 is 0.739 bits per heavy atom. The van der Waals surface area contributed by atoms with Crippen LogP contribution in [-0.4, -0.2) is 7.05 Å². The third kappa shape index (κ3) is 3.30. The van der Waals surface area contributed by atoms with Crippen LogP contribution in [-0.2, 0) is 4.57 Å². The van der Waals surface area contributed by atoms with Crippen molar-refractivity contribution in [1.29, 1.82) is 0 Å². The van der Waals surface area contributed by atoms with E-state index in [0.717, 1.165) is 5.69 Å². The van der Waals surface area contributed by atoms with Gasteiger partial charge in [0.05, 0.1) is 5.30 Å². The van der Waals surface area contributed by atoms with E-state index in [2.05, 4.69) is 0 Å². The predicted octanol–water partition coefficient (Wildman–Crippen LogP) is 4.72. The summed E-state index contributed by atoms with van der Waals surface area (Å²) < 4.78 is 21.5. The molecule has 0 fully saturated rings. The van der Waals surface area contributed by atoms with E-state index in [4.69, 9.17) is 4.52 Å². The normalized spacial score (nSPS) is 13.1. The maximum atomic E-state index is 13.8. The first-order valence-electron chi connectivity index (χ1n) is 7.40. The van der Waals surface area contributed by atoms with Gasteiger partial charge in [-0.2, -0.15) is 0 Å². The average molecular weight is 323 g/mol. The van der Waals surface area contributed by atoms with Crippen LogP contribution in [0, 0.1) is 0 Å². The van der Waals surface area contributed by atoms with E-state index in [9.17, 15) is 4.57 Å². The summed E-state index contributed by atoms with van der Waals surface area (Å²) in [6, 6.07) is 28.2. The minimum atomic E-state index is -3.27. The molecule has 1 atom stereocenters. The van der Waals surface area contributed by atoms with Gasteiger partial charge in [0.15, 0.2) is 0 Å². The Bertz CT molecular complexity index is 791. The summed E-state index contributed by atoms with van der Waals surface area (Å²) in [6.07, 6.45) is 0. The number of para-hydroxylation sites is 2. The number of anilines is 1. The fraction of sp³-hybridized carbons (Fsp3) is 0.0526. The summed E-state index contributed by atoms with van der Waals surface area (Å²) in [7, 11) is -1.48. The quantitative estimate of drug-likeness (QED) is 0.636. The van der Waals surface area contributed by atoms with Gasteiger partial charge in [0.2, 0.25) is 0 Å². The molecule has 3 aromatic rings. The minimum absolute atomic E-state index is 0.586. The Kier molecular flexibility index (Phi) is 4.50. The van der Waals surface area contributed by atoms with Crippen molar-refractivity contribution in [1.82, 2.24) is 0 Å². The highest BCUT2D eigenvalue weighted by atomic mass is 31.2. The average Bonchev–Trinajstić information content (AvgIpc) is 2.63. The maximum Gasteiger partial charge on any atom is 0.373 e. The molecule has 116 valence electrons. The summed E-state index contributed by atoms with van der Waals surface area (Å²) in [5.41, 5.74) is 0.843. The largest absolute Gasteiger partial charge is 0.426 e. The van der Waals surface area contributed by atoms with Crippen molar-refractivity contribution < 1.29 is 9.09 Å². The molecule has 3 aromatic carbocycles. The van der Waals surface area contributed by atoms with Crippen LogP contribution >= 0.6 is 7.52 Å². The molecule has 0 heterocycles. The highest BCUT2D eigenvalue weighted by Gasteiger charge is 2.33. The van der Waals surface area contributed by atoms with E-state index in [-0.39, 0.29) is 0 Å². The predicted molar refractivity (Wildman–Crippen MR) is 95.6 cm³/mol. The molecule has 0 amide bonds. The van der Waals surface area contributed by atoms with Crippen molar-refractivity contribution in [3.05, 3.63) is 91.0 Å². The van der Waals surface area contributed by atoms with Crippen molar-refractivity contribution in [2.75, 3.05) is 11.7 Å². The van der Waals surface area contributed by atoms with Crippen LogP contribution in [0.2, 0.25) is 0 Å². The molecule has 0 N–H and O–H groups in total. The summed E-state index contributed by atoms with van der Waals surface area (Å²) in [4.78, 5) is 0. The second-order valence-corrected chi connectivity index (χ2v) is 7.46. The lowest BCUT2D eigenvalue weighted by atomic mass is 10.3. The highest BCUT2D eigenvalue weighted by molar-refractivity contribution is 7.68. The second kappa shape index (κ2) is 6.72. The van der Waals surface area contributed by atoms with Gasteiger partial charge in [-0.25, -0.2) is 4.57 Å². The number of hydrogen-bond acceptors (Lipinski definition) is 2. The maximum absolute atomic E-state index is 13.8. The number of rotatable bonds is 5. The van der Waals surface area contributed by atoms with E-state index in [1.165, 1.54) is 0 Å². The fourth-order valence-electron chi connectivity index (χ4n) is 2.32. The van der Waals surface area contributed by atoms with Gasteiger partial charge in [-0.1, -0.05) is 54.6 Å².